The van der Waals surface area contributed by atoms with Crippen LogP contribution in [-0.2, 0) is 13.6 Å². The van der Waals surface area contributed by atoms with E-state index in [9.17, 15) is 4.57 Å². The molecule has 2 aromatic rings. The number of aromatic nitrogens is 1. The molecule has 5 nitrogen and oxygen atoms in total. The van der Waals surface area contributed by atoms with Gasteiger partial charge in [-0.3, -0.25) is 0 Å². The number of para-hydroxylation sites is 2. The quantitative estimate of drug-likeness (QED) is 0.769. The van der Waals surface area contributed by atoms with Gasteiger partial charge >= 0.3 is 13.2 Å². The van der Waals surface area contributed by atoms with Gasteiger partial charge in [0.25, 0.3) is 0 Å². The Morgan fingerprint density at radius 2 is 1.88 bits per heavy atom. The second-order valence-electron chi connectivity index (χ2n) is 3.30. The van der Waals surface area contributed by atoms with Crippen molar-refractivity contribution in [3.8, 4) is 0 Å². The Balaban J connectivity index is 2.45. The van der Waals surface area contributed by atoms with Gasteiger partial charge in [0.2, 0.25) is 0 Å². The fourth-order valence-electron chi connectivity index (χ4n) is 1.46. The first-order valence-corrected chi connectivity index (χ1v) is 6.99. The Bertz CT molecular complexity index is 508. The van der Waals surface area contributed by atoms with Gasteiger partial charge in [-0.1, -0.05) is 12.1 Å². The molecular formula is C11H14NO4P. The van der Waals surface area contributed by atoms with Gasteiger partial charge in [-0.15, -0.1) is 0 Å². The van der Waals surface area contributed by atoms with Gasteiger partial charge in [0.15, 0.2) is 5.58 Å². The van der Waals surface area contributed by atoms with Crippen molar-refractivity contribution in [1.82, 2.24) is 4.98 Å². The Labute approximate surface area is 99.3 Å². The molecule has 0 aliphatic heterocycles. The normalized spacial score (nSPS) is 12.1. The van der Waals surface area contributed by atoms with Crippen LogP contribution in [0.1, 0.15) is 13.8 Å². The molecule has 1 aromatic carbocycles. The van der Waals surface area contributed by atoms with Gasteiger partial charge in [-0.2, -0.15) is 0 Å². The van der Waals surface area contributed by atoms with E-state index < -0.39 is 7.60 Å². The van der Waals surface area contributed by atoms with Crippen molar-refractivity contribution in [3.63, 3.8) is 0 Å². The zero-order valence-electron chi connectivity index (χ0n) is 9.75. The summed E-state index contributed by atoms with van der Waals surface area (Å²) in [5.41, 5.74) is 1.23. The third-order valence-electron chi connectivity index (χ3n) is 2.11. The molecule has 0 saturated carbocycles. The molecular weight excluding hydrogens is 241 g/mol. The highest BCUT2D eigenvalue weighted by atomic mass is 31.2. The summed E-state index contributed by atoms with van der Waals surface area (Å²) in [6, 6.07) is 7.20. The van der Waals surface area contributed by atoms with Crippen molar-refractivity contribution in [2.75, 3.05) is 13.2 Å². The summed E-state index contributed by atoms with van der Waals surface area (Å²) in [6.45, 7) is 4.04. The summed E-state index contributed by atoms with van der Waals surface area (Å²) in [5.74, 6) is 0. The zero-order valence-corrected chi connectivity index (χ0v) is 10.6. The molecule has 6 heteroatoms. The van der Waals surface area contributed by atoms with Crippen LogP contribution in [0.25, 0.3) is 11.1 Å². The summed E-state index contributed by atoms with van der Waals surface area (Å²) in [4.78, 5) is 4.14. The van der Waals surface area contributed by atoms with Crippen molar-refractivity contribution < 1.29 is 18.0 Å². The molecule has 1 aromatic heterocycles. The number of benzene rings is 1. The lowest BCUT2D eigenvalue weighted by Gasteiger charge is -2.12. The van der Waals surface area contributed by atoms with Crippen LogP contribution < -0.4 is 5.63 Å². The summed E-state index contributed by atoms with van der Waals surface area (Å²) < 4.78 is 28.1. The minimum absolute atomic E-state index is 0.0161. The van der Waals surface area contributed by atoms with Crippen molar-refractivity contribution in [1.29, 1.82) is 0 Å². The van der Waals surface area contributed by atoms with E-state index in [0.717, 1.165) is 0 Å². The van der Waals surface area contributed by atoms with E-state index in [2.05, 4.69) is 4.98 Å². The minimum Gasteiger partial charge on any atom is -0.430 e. The Morgan fingerprint density at radius 1 is 1.24 bits per heavy atom. The molecule has 0 bridgehead atoms. The maximum atomic E-state index is 12.4. The average molecular weight is 255 g/mol. The van der Waals surface area contributed by atoms with Crippen molar-refractivity contribution >= 4 is 24.3 Å². The summed E-state index contributed by atoms with van der Waals surface area (Å²) in [7, 11) is -3.42. The standard InChI is InChI=1S/C11H14NO4P/c1-3-14-17(13,15-4-2)11-12-9-7-5-6-8-10(9)16-11/h5-8H,3-4H2,1-2H3. The largest absolute Gasteiger partial charge is 0.430 e. The molecule has 92 valence electrons. The van der Waals surface area contributed by atoms with Gasteiger partial charge in [0.1, 0.15) is 5.52 Å². The van der Waals surface area contributed by atoms with Crippen LogP contribution in [0.5, 0.6) is 0 Å². The van der Waals surface area contributed by atoms with E-state index in [1.54, 1.807) is 26.0 Å². The van der Waals surface area contributed by atoms with Gasteiger partial charge in [0.05, 0.1) is 13.2 Å². The maximum Gasteiger partial charge on any atom is 0.416 e. The average Bonchev–Trinajstić information content (AvgIpc) is 2.74. The highest BCUT2D eigenvalue weighted by Crippen LogP contribution is 2.46. The first kappa shape index (κ1) is 12.3. The van der Waals surface area contributed by atoms with E-state index in [1.165, 1.54) is 0 Å². The first-order valence-electron chi connectivity index (χ1n) is 5.45. The molecule has 0 saturated heterocycles. The van der Waals surface area contributed by atoms with Gasteiger partial charge in [0, 0.05) is 0 Å². The van der Waals surface area contributed by atoms with Gasteiger partial charge in [-0.05, 0) is 26.0 Å². The smallest absolute Gasteiger partial charge is 0.416 e. The van der Waals surface area contributed by atoms with Crippen molar-refractivity contribution in [2.24, 2.45) is 0 Å². The number of hydrogen-bond acceptors (Lipinski definition) is 5. The summed E-state index contributed by atoms with van der Waals surface area (Å²) >= 11 is 0. The summed E-state index contributed by atoms with van der Waals surface area (Å²) in [6.07, 6.45) is 0. The molecule has 0 amide bonds. The first-order chi connectivity index (χ1) is 8.19. The van der Waals surface area contributed by atoms with Crippen LogP contribution in [-0.4, -0.2) is 18.2 Å². The predicted molar refractivity (Wildman–Crippen MR) is 64.5 cm³/mol. The lowest BCUT2D eigenvalue weighted by Crippen LogP contribution is -2.11. The third-order valence-corrected chi connectivity index (χ3v) is 3.97. The molecule has 0 unspecified atom stereocenters. The molecule has 0 N–H and O–H groups in total. The van der Waals surface area contributed by atoms with Crippen LogP contribution in [0.15, 0.2) is 28.7 Å². The lowest BCUT2D eigenvalue weighted by molar-refractivity contribution is 0.225. The highest BCUT2D eigenvalue weighted by Gasteiger charge is 2.33. The van der Waals surface area contributed by atoms with Crippen LogP contribution in [0, 0.1) is 0 Å². The number of rotatable bonds is 5. The number of oxazole rings is 1. The molecule has 2 rings (SSSR count). The van der Waals surface area contributed by atoms with E-state index in [0.29, 0.717) is 11.1 Å². The van der Waals surface area contributed by atoms with Crippen LogP contribution >= 0.6 is 7.60 Å². The molecule has 0 atom stereocenters. The predicted octanol–water partition coefficient (Wildman–Crippen LogP) is 2.72. The van der Waals surface area contributed by atoms with Crippen LogP contribution in [0.3, 0.4) is 0 Å². The molecule has 0 radical (unpaired) electrons. The lowest BCUT2D eigenvalue weighted by atomic mass is 10.3. The van der Waals surface area contributed by atoms with Crippen molar-refractivity contribution in [2.45, 2.75) is 13.8 Å². The molecule has 1 heterocycles. The second kappa shape index (κ2) is 5.00. The highest BCUT2D eigenvalue weighted by molar-refractivity contribution is 7.61. The molecule has 17 heavy (non-hydrogen) atoms. The van der Waals surface area contributed by atoms with Gasteiger partial charge in [-0.25, -0.2) is 9.55 Å². The van der Waals surface area contributed by atoms with E-state index >= 15 is 0 Å². The topological polar surface area (TPSA) is 61.6 Å². The zero-order chi connectivity index (χ0) is 12.3. The minimum atomic E-state index is -3.42. The second-order valence-corrected chi connectivity index (χ2v) is 5.19. The molecule has 0 aliphatic carbocycles. The number of fused-ring (bicyclic) bond motifs is 1. The van der Waals surface area contributed by atoms with Gasteiger partial charge < -0.3 is 13.5 Å². The Kier molecular flexibility index (Phi) is 3.62. The van der Waals surface area contributed by atoms with E-state index in [-0.39, 0.29) is 18.8 Å². The SMILES string of the molecule is CCOP(=O)(OCC)c1nc2ccccc2o1. The molecule has 0 fully saturated rings. The number of nitrogens with zero attached hydrogens (tertiary/aromatic N) is 1. The van der Waals surface area contributed by atoms with E-state index in [4.69, 9.17) is 13.5 Å². The van der Waals surface area contributed by atoms with Crippen LogP contribution in [0.4, 0.5) is 0 Å². The van der Waals surface area contributed by atoms with E-state index in [1.807, 2.05) is 12.1 Å². The maximum absolute atomic E-state index is 12.4. The summed E-state index contributed by atoms with van der Waals surface area (Å²) in [5, 5.41) is 0. The molecule has 0 aliphatic rings. The fourth-order valence-corrected chi connectivity index (χ4v) is 2.88. The number of hydrogen-bond donors (Lipinski definition) is 0. The monoisotopic (exact) mass is 255 g/mol. The molecule has 0 spiro atoms. The fraction of sp³-hybridized carbons (Fsp3) is 0.364. The van der Waals surface area contributed by atoms with Crippen LogP contribution in [0.2, 0.25) is 0 Å². The van der Waals surface area contributed by atoms with Crippen molar-refractivity contribution in [3.05, 3.63) is 24.3 Å². The Morgan fingerprint density at radius 3 is 2.47 bits per heavy atom. The third kappa shape index (κ3) is 2.41. The Hall–Kier alpha value is -1.16.